The van der Waals surface area contributed by atoms with Gasteiger partial charge in [-0.1, -0.05) is 12.1 Å². The Labute approximate surface area is 152 Å². The van der Waals surface area contributed by atoms with Crippen molar-refractivity contribution >= 4 is 23.5 Å². The van der Waals surface area contributed by atoms with Crippen molar-refractivity contribution in [2.24, 2.45) is 0 Å². The smallest absolute Gasteiger partial charge is 0.340 e. The molecule has 2 N–H and O–H groups in total. The minimum absolute atomic E-state index is 0.166. The van der Waals surface area contributed by atoms with Crippen LogP contribution in [0.4, 0.5) is 5.69 Å². The molecule has 0 aliphatic carbocycles. The zero-order chi connectivity index (χ0) is 19.8. The molecule has 0 aliphatic rings. The van der Waals surface area contributed by atoms with Crippen molar-refractivity contribution < 1.29 is 23.9 Å². The van der Waals surface area contributed by atoms with Crippen molar-refractivity contribution in [3.8, 4) is 0 Å². The Morgan fingerprint density at radius 1 is 1.11 bits per heavy atom. The second-order valence-electron chi connectivity index (χ2n) is 5.21. The van der Waals surface area contributed by atoms with Crippen LogP contribution in [0.15, 0.2) is 46.1 Å². The Hall–Kier alpha value is -3.69. The molecule has 0 fully saturated rings. The zero-order valence-corrected chi connectivity index (χ0v) is 14.4. The van der Waals surface area contributed by atoms with Crippen molar-refractivity contribution in [2.45, 2.75) is 13.5 Å². The van der Waals surface area contributed by atoms with Gasteiger partial charge >= 0.3 is 17.6 Å². The fraction of sp³-hybridized carbons (Fsp3) is 0.235. The first-order chi connectivity index (χ1) is 12.9. The summed E-state index contributed by atoms with van der Waals surface area (Å²) in [6.45, 7) is 0.755. The Kier molecular flexibility index (Phi) is 6.64. The molecule has 0 radical (unpaired) electrons. The molecular formula is C17H17N3O7. The maximum Gasteiger partial charge on any atom is 0.340 e. The molecule has 1 aromatic carbocycles. The molecule has 0 bridgehead atoms. The molecule has 0 spiro atoms. The molecule has 0 aliphatic heterocycles. The van der Waals surface area contributed by atoms with Crippen LogP contribution in [0.1, 0.15) is 17.3 Å². The van der Waals surface area contributed by atoms with E-state index in [9.17, 15) is 24.0 Å². The highest BCUT2D eigenvalue weighted by Crippen LogP contribution is 2.16. The summed E-state index contributed by atoms with van der Waals surface area (Å²) < 4.78 is 10.6. The van der Waals surface area contributed by atoms with E-state index >= 15 is 0 Å². The van der Waals surface area contributed by atoms with E-state index in [-0.39, 0.29) is 17.9 Å². The number of aromatic amines is 1. The molecular weight excluding hydrogens is 358 g/mol. The SMILES string of the molecule is CCOC(=O)c1ccccc1NC(=O)COC(=O)Cn1ccc(=O)[nH]c1=O. The number of H-pyrrole nitrogens is 1. The van der Waals surface area contributed by atoms with Gasteiger partial charge in [0.1, 0.15) is 6.54 Å². The Bertz CT molecular complexity index is 961. The fourth-order valence-corrected chi connectivity index (χ4v) is 2.06. The van der Waals surface area contributed by atoms with Crippen LogP contribution in [0, 0.1) is 0 Å². The highest BCUT2D eigenvalue weighted by molar-refractivity contribution is 6.01. The molecule has 0 saturated carbocycles. The normalized spacial score (nSPS) is 10.1. The quantitative estimate of drug-likeness (QED) is 0.645. The van der Waals surface area contributed by atoms with Crippen molar-refractivity contribution in [1.82, 2.24) is 9.55 Å². The van der Waals surface area contributed by atoms with Gasteiger partial charge in [-0.3, -0.25) is 23.9 Å². The van der Waals surface area contributed by atoms with Gasteiger partial charge in [-0.05, 0) is 19.1 Å². The third-order valence-corrected chi connectivity index (χ3v) is 3.26. The number of para-hydroxylation sites is 1. The minimum Gasteiger partial charge on any atom is -0.462 e. The predicted molar refractivity (Wildman–Crippen MR) is 93.3 cm³/mol. The van der Waals surface area contributed by atoms with Crippen molar-refractivity contribution in [3.05, 3.63) is 62.9 Å². The van der Waals surface area contributed by atoms with Gasteiger partial charge < -0.3 is 14.8 Å². The molecule has 142 valence electrons. The van der Waals surface area contributed by atoms with Gasteiger partial charge in [0.2, 0.25) is 0 Å². The van der Waals surface area contributed by atoms with E-state index in [2.05, 4.69) is 5.32 Å². The number of anilines is 1. The van der Waals surface area contributed by atoms with Crippen LogP contribution in [0.2, 0.25) is 0 Å². The summed E-state index contributed by atoms with van der Waals surface area (Å²) in [5.41, 5.74) is -0.982. The molecule has 10 nitrogen and oxygen atoms in total. The van der Waals surface area contributed by atoms with E-state index in [1.54, 1.807) is 19.1 Å². The largest absolute Gasteiger partial charge is 0.462 e. The molecule has 1 aromatic heterocycles. The first kappa shape index (κ1) is 19.6. The van der Waals surface area contributed by atoms with Crippen LogP contribution in [-0.4, -0.2) is 40.6 Å². The van der Waals surface area contributed by atoms with Gasteiger partial charge in [0.25, 0.3) is 11.5 Å². The summed E-state index contributed by atoms with van der Waals surface area (Å²) in [6, 6.07) is 7.30. The lowest BCUT2D eigenvalue weighted by atomic mass is 10.2. The molecule has 27 heavy (non-hydrogen) atoms. The third-order valence-electron chi connectivity index (χ3n) is 3.26. The number of hydrogen-bond acceptors (Lipinski definition) is 7. The summed E-state index contributed by atoms with van der Waals surface area (Å²) in [6.07, 6.45) is 1.14. The van der Waals surface area contributed by atoms with Gasteiger partial charge in [-0.2, -0.15) is 0 Å². The number of rotatable bonds is 7. The summed E-state index contributed by atoms with van der Waals surface area (Å²) in [5, 5.41) is 2.45. The summed E-state index contributed by atoms with van der Waals surface area (Å²) in [5.74, 6) is -2.12. The van der Waals surface area contributed by atoms with Gasteiger partial charge in [0.15, 0.2) is 6.61 Å². The average molecular weight is 375 g/mol. The first-order valence-electron chi connectivity index (χ1n) is 7.92. The van der Waals surface area contributed by atoms with Crippen LogP contribution >= 0.6 is 0 Å². The third kappa shape index (κ3) is 5.66. The second-order valence-corrected chi connectivity index (χ2v) is 5.21. The maximum absolute atomic E-state index is 12.0. The predicted octanol–water partition coefficient (Wildman–Crippen LogP) is -0.105. The number of ether oxygens (including phenoxy) is 2. The summed E-state index contributed by atoms with van der Waals surface area (Å²) in [7, 11) is 0. The van der Waals surface area contributed by atoms with Crippen LogP contribution in [0.3, 0.4) is 0 Å². The number of amides is 1. The maximum atomic E-state index is 12.0. The number of benzene rings is 1. The van der Waals surface area contributed by atoms with E-state index in [0.29, 0.717) is 0 Å². The number of aromatic nitrogens is 2. The van der Waals surface area contributed by atoms with E-state index in [1.807, 2.05) is 4.98 Å². The lowest BCUT2D eigenvalue weighted by Crippen LogP contribution is -2.32. The lowest BCUT2D eigenvalue weighted by molar-refractivity contribution is -0.148. The van der Waals surface area contributed by atoms with E-state index in [1.165, 1.54) is 12.1 Å². The van der Waals surface area contributed by atoms with E-state index < -0.39 is 42.2 Å². The summed E-state index contributed by atoms with van der Waals surface area (Å²) in [4.78, 5) is 60.0. The number of esters is 2. The highest BCUT2D eigenvalue weighted by atomic mass is 16.5. The molecule has 2 aromatic rings. The topological polar surface area (TPSA) is 137 Å². The van der Waals surface area contributed by atoms with Gasteiger partial charge in [0.05, 0.1) is 17.9 Å². The first-order valence-corrected chi connectivity index (χ1v) is 7.92. The van der Waals surface area contributed by atoms with Crippen molar-refractivity contribution in [2.75, 3.05) is 18.5 Å². The van der Waals surface area contributed by atoms with Crippen LogP contribution in [0.5, 0.6) is 0 Å². The number of nitrogens with one attached hydrogen (secondary N) is 2. The molecule has 0 unspecified atom stereocenters. The Balaban J connectivity index is 1.93. The monoisotopic (exact) mass is 375 g/mol. The molecule has 2 rings (SSSR count). The van der Waals surface area contributed by atoms with Crippen LogP contribution < -0.4 is 16.6 Å². The molecule has 1 heterocycles. The van der Waals surface area contributed by atoms with Crippen LogP contribution in [0.25, 0.3) is 0 Å². The number of hydrogen-bond donors (Lipinski definition) is 2. The highest BCUT2D eigenvalue weighted by Gasteiger charge is 2.15. The van der Waals surface area contributed by atoms with Crippen molar-refractivity contribution in [1.29, 1.82) is 0 Å². The minimum atomic E-state index is -0.849. The number of carbonyl (C=O) groups excluding carboxylic acids is 3. The standard InChI is InChI=1S/C17H17N3O7/c1-2-26-16(24)11-5-3-4-6-12(11)18-14(22)10-27-15(23)9-20-8-7-13(21)19-17(20)25/h3-8H,2,9-10H2,1H3,(H,18,22)(H,19,21,25). The Morgan fingerprint density at radius 3 is 2.56 bits per heavy atom. The number of nitrogens with zero attached hydrogens (tertiary/aromatic N) is 1. The van der Waals surface area contributed by atoms with Gasteiger partial charge in [0, 0.05) is 12.3 Å². The van der Waals surface area contributed by atoms with E-state index in [0.717, 1.165) is 16.8 Å². The molecule has 1 amide bonds. The van der Waals surface area contributed by atoms with Crippen LogP contribution in [-0.2, 0) is 25.6 Å². The van der Waals surface area contributed by atoms with Crippen molar-refractivity contribution in [3.63, 3.8) is 0 Å². The fourth-order valence-electron chi connectivity index (χ4n) is 2.06. The second kappa shape index (κ2) is 9.13. The van der Waals surface area contributed by atoms with Gasteiger partial charge in [-0.15, -0.1) is 0 Å². The Morgan fingerprint density at radius 2 is 1.85 bits per heavy atom. The zero-order valence-electron chi connectivity index (χ0n) is 14.4. The molecule has 0 saturated heterocycles. The lowest BCUT2D eigenvalue weighted by Gasteiger charge is -2.11. The molecule has 0 atom stereocenters. The summed E-state index contributed by atoms with van der Waals surface area (Å²) >= 11 is 0. The van der Waals surface area contributed by atoms with E-state index in [4.69, 9.17) is 9.47 Å². The molecule has 10 heteroatoms. The number of carbonyl (C=O) groups is 3. The average Bonchev–Trinajstić information content (AvgIpc) is 2.63. The van der Waals surface area contributed by atoms with Gasteiger partial charge in [-0.25, -0.2) is 9.59 Å².